The second-order valence-electron chi connectivity index (χ2n) is 6.53. The summed E-state index contributed by atoms with van der Waals surface area (Å²) in [5.74, 6) is 0.661. The molecule has 7 nitrogen and oxygen atoms in total. The van der Waals surface area contributed by atoms with Crippen molar-refractivity contribution in [3.63, 3.8) is 0 Å². The lowest BCUT2D eigenvalue weighted by atomic mass is 10.1. The minimum Gasteiger partial charge on any atom is -0.338 e. The molecule has 1 aliphatic rings. The fourth-order valence-corrected chi connectivity index (χ4v) is 3.92. The van der Waals surface area contributed by atoms with E-state index >= 15 is 0 Å². The van der Waals surface area contributed by atoms with E-state index in [2.05, 4.69) is 15.1 Å². The van der Waals surface area contributed by atoms with E-state index in [0.717, 1.165) is 17.7 Å². The normalized spacial score (nSPS) is 17.0. The fraction of sp³-hybridized carbons (Fsp3) is 0.333. The molecule has 1 N–H and O–H groups in total. The predicted octanol–water partition coefficient (Wildman–Crippen LogP) is 2.17. The minimum atomic E-state index is -0.163. The summed E-state index contributed by atoms with van der Waals surface area (Å²) in [5, 5.41) is 8.08. The molecule has 0 aliphatic carbocycles. The Labute approximate surface area is 154 Å². The first-order valence-electron chi connectivity index (χ1n) is 8.44. The maximum absolute atomic E-state index is 12.8. The van der Waals surface area contributed by atoms with E-state index in [4.69, 9.17) is 0 Å². The van der Waals surface area contributed by atoms with Gasteiger partial charge in [-0.05, 0) is 24.8 Å². The molecule has 3 aromatic rings. The van der Waals surface area contributed by atoms with Gasteiger partial charge in [-0.25, -0.2) is 4.98 Å². The third kappa shape index (κ3) is 2.96. The number of aryl methyl sites for hydroxylation is 1. The Morgan fingerprint density at radius 1 is 1.42 bits per heavy atom. The van der Waals surface area contributed by atoms with Crippen LogP contribution in [0.15, 0.2) is 33.9 Å². The number of nitrogens with one attached hydrogen (secondary N) is 1. The van der Waals surface area contributed by atoms with Crippen molar-refractivity contribution in [2.24, 2.45) is 7.05 Å². The highest BCUT2D eigenvalue weighted by atomic mass is 32.1. The van der Waals surface area contributed by atoms with Gasteiger partial charge in [0.2, 0.25) is 0 Å². The number of hydrogen-bond donors (Lipinski definition) is 1. The first-order chi connectivity index (χ1) is 12.5. The molecule has 1 fully saturated rings. The number of hydrogen-bond acceptors (Lipinski definition) is 5. The van der Waals surface area contributed by atoms with Gasteiger partial charge in [-0.1, -0.05) is 0 Å². The number of carbonyl (C=O) groups excluding carboxylic acids is 1. The Morgan fingerprint density at radius 2 is 2.27 bits per heavy atom. The van der Waals surface area contributed by atoms with Crippen LogP contribution in [0.1, 0.15) is 34.2 Å². The van der Waals surface area contributed by atoms with Crippen LogP contribution < -0.4 is 5.56 Å². The number of aromatic nitrogens is 4. The number of amides is 1. The maximum Gasteiger partial charge on any atom is 0.257 e. The lowest BCUT2D eigenvalue weighted by molar-refractivity contribution is 0.0789. The molecule has 1 atom stereocenters. The number of aromatic amines is 1. The number of rotatable bonds is 3. The van der Waals surface area contributed by atoms with Crippen molar-refractivity contribution in [2.45, 2.75) is 19.3 Å². The smallest absolute Gasteiger partial charge is 0.257 e. The van der Waals surface area contributed by atoms with Crippen molar-refractivity contribution in [1.82, 2.24) is 24.6 Å². The lowest BCUT2D eigenvalue weighted by Crippen LogP contribution is -2.29. The molecule has 0 aromatic carbocycles. The molecule has 0 unspecified atom stereocenters. The summed E-state index contributed by atoms with van der Waals surface area (Å²) in [7, 11) is 1.82. The summed E-state index contributed by atoms with van der Waals surface area (Å²) in [6.07, 6.45) is 2.39. The summed E-state index contributed by atoms with van der Waals surface area (Å²) in [5.41, 5.74) is 2.94. The Kier molecular flexibility index (Phi) is 4.20. The number of carbonyl (C=O) groups is 1. The Hall–Kier alpha value is -2.74. The SMILES string of the molecule is Cc1c(C(=O)N2CC[C@@H](c3nc(-c4ccsc4)cc(=O)[nH]3)C2)cnn1C. The van der Waals surface area contributed by atoms with Gasteiger partial charge in [0, 0.05) is 48.8 Å². The van der Waals surface area contributed by atoms with Gasteiger partial charge in [0.05, 0.1) is 17.5 Å². The second kappa shape index (κ2) is 6.53. The van der Waals surface area contributed by atoms with Crippen LogP contribution in [0.3, 0.4) is 0 Å². The van der Waals surface area contributed by atoms with E-state index in [-0.39, 0.29) is 17.4 Å². The quantitative estimate of drug-likeness (QED) is 0.767. The first kappa shape index (κ1) is 16.7. The predicted molar refractivity (Wildman–Crippen MR) is 99.4 cm³/mol. The average Bonchev–Trinajstić information content (AvgIpc) is 3.36. The largest absolute Gasteiger partial charge is 0.338 e. The van der Waals surface area contributed by atoms with Gasteiger partial charge in [-0.2, -0.15) is 16.4 Å². The molecule has 0 spiro atoms. The van der Waals surface area contributed by atoms with Crippen LogP contribution in [-0.2, 0) is 7.05 Å². The standard InChI is InChI=1S/C18H19N5O2S/c1-11-14(8-19-22(11)2)18(25)23-5-3-12(9-23)17-20-15(7-16(24)21-17)13-4-6-26-10-13/h4,6-8,10,12H,3,5,9H2,1-2H3,(H,20,21,24)/t12-/m1/s1. The van der Waals surface area contributed by atoms with E-state index in [9.17, 15) is 9.59 Å². The number of thiophene rings is 1. The third-order valence-electron chi connectivity index (χ3n) is 4.90. The van der Waals surface area contributed by atoms with Crippen LogP contribution in [0.2, 0.25) is 0 Å². The highest BCUT2D eigenvalue weighted by Crippen LogP contribution is 2.27. The van der Waals surface area contributed by atoms with E-state index in [1.807, 2.05) is 35.7 Å². The minimum absolute atomic E-state index is 0.0190. The van der Waals surface area contributed by atoms with Crippen molar-refractivity contribution in [3.05, 3.63) is 56.5 Å². The molecule has 4 rings (SSSR count). The van der Waals surface area contributed by atoms with Crippen LogP contribution in [0, 0.1) is 6.92 Å². The van der Waals surface area contributed by atoms with Gasteiger partial charge in [0.1, 0.15) is 5.82 Å². The molecular weight excluding hydrogens is 350 g/mol. The van der Waals surface area contributed by atoms with Crippen molar-refractivity contribution in [3.8, 4) is 11.3 Å². The van der Waals surface area contributed by atoms with Crippen molar-refractivity contribution >= 4 is 17.2 Å². The molecule has 0 bridgehead atoms. The summed E-state index contributed by atoms with van der Waals surface area (Å²) in [4.78, 5) is 34.1. The van der Waals surface area contributed by atoms with E-state index in [0.29, 0.717) is 30.2 Å². The molecule has 1 saturated heterocycles. The maximum atomic E-state index is 12.8. The second-order valence-corrected chi connectivity index (χ2v) is 7.31. The first-order valence-corrected chi connectivity index (χ1v) is 9.39. The molecule has 4 heterocycles. The summed E-state index contributed by atoms with van der Waals surface area (Å²) >= 11 is 1.57. The van der Waals surface area contributed by atoms with E-state index < -0.39 is 0 Å². The zero-order valence-electron chi connectivity index (χ0n) is 14.6. The monoisotopic (exact) mass is 369 g/mol. The van der Waals surface area contributed by atoms with E-state index in [1.54, 1.807) is 22.2 Å². The molecule has 1 aliphatic heterocycles. The topological polar surface area (TPSA) is 83.9 Å². The van der Waals surface area contributed by atoms with Crippen LogP contribution in [0.4, 0.5) is 0 Å². The van der Waals surface area contributed by atoms with Gasteiger partial charge in [-0.15, -0.1) is 0 Å². The molecule has 1 amide bonds. The zero-order chi connectivity index (χ0) is 18.3. The van der Waals surface area contributed by atoms with Gasteiger partial charge in [-0.3, -0.25) is 14.3 Å². The third-order valence-corrected chi connectivity index (χ3v) is 5.59. The Balaban J connectivity index is 1.57. The number of H-pyrrole nitrogens is 1. The van der Waals surface area contributed by atoms with Crippen LogP contribution in [-0.4, -0.2) is 43.6 Å². The number of likely N-dealkylation sites (tertiary alicyclic amines) is 1. The molecule has 3 aromatic heterocycles. The fourth-order valence-electron chi connectivity index (χ4n) is 3.27. The molecule has 8 heteroatoms. The molecular formula is C18H19N5O2S. The average molecular weight is 369 g/mol. The van der Waals surface area contributed by atoms with Crippen molar-refractivity contribution in [2.75, 3.05) is 13.1 Å². The summed E-state index contributed by atoms with van der Waals surface area (Å²) in [6.45, 7) is 3.07. The summed E-state index contributed by atoms with van der Waals surface area (Å²) < 4.78 is 1.70. The van der Waals surface area contributed by atoms with Crippen LogP contribution in [0.5, 0.6) is 0 Å². The van der Waals surface area contributed by atoms with Gasteiger partial charge >= 0.3 is 0 Å². The van der Waals surface area contributed by atoms with Gasteiger partial charge in [0.25, 0.3) is 11.5 Å². The van der Waals surface area contributed by atoms with Gasteiger partial charge < -0.3 is 9.88 Å². The molecule has 0 saturated carbocycles. The Morgan fingerprint density at radius 3 is 2.96 bits per heavy atom. The zero-order valence-corrected chi connectivity index (χ0v) is 15.4. The molecule has 134 valence electrons. The molecule has 0 radical (unpaired) electrons. The summed E-state index contributed by atoms with van der Waals surface area (Å²) in [6, 6.07) is 3.47. The molecule has 26 heavy (non-hydrogen) atoms. The van der Waals surface area contributed by atoms with Crippen LogP contribution in [0.25, 0.3) is 11.3 Å². The highest BCUT2D eigenvalue weighted by Gasteiger charge is 2.31. The van der Waals surface area contributed by atoms with E-state index in [1.165, 1.54) is 6.07 Å². The number of nitrogens with zero attached hydrogens (tertiary/aromatic N) is 4. The highest BCUT2D eigenvalue weighted by molar-refractivity contribution is 7.08. The van der Waals surface area contributed by atoms with Gasteiger partial charge in [0.15, 0.2) is 0 Å². The Bertz CT molecular complexity index is 1010. The van der Waals surface area contributed by atoms with Crippen molar-refractivity contribution in [1.29, 1.82) is 0 Å². The van der Waals surface area contributed by atoms with Crippen LogP contribution >= 0.6 is 11.3 Å². The van der Waals surface area contributed by atoms with Crippen molar-refractivity contribution < 1.29 is 4.79 Å². The lowest BCUT2D eigenvalue weighted by Gasteiger charge is -2.16.